The molecule has 4 rings (SSSR count). The van der Waals surface area contributed by atoms with E-state index in [2.05, 4.69) is 18.0 Å². The van der Waals surface area contributed by atoms with Gasteiger partial charge in [-0.2, -0.15) is 0 Å². The molecule has 27 heavy (non-hydrogen) atoms. The predicted octanol–water partition coefficient (Wildman–Crippen LogP) is 4.63. The van der Waals surface area contributed by atoms with E-state index in [0.717, 1.165) is 37.4 Å². The summed E-state index contributed by atoms with van der Waals surface area (Å²) in [6.45, 7) is 2.72. The van der Waals surface area contributed by atoms with Crippen LogP contribution in [0.2, 0.25) is 10.0 Å². The first-order valence-electron chi connectivity index (χ1n) is 9.07. The number of hydrogen-bond acceptors (Lipinski definition) is 3. The second-order valence-electron chi connectivity index (χ2n) is 7.49. The summed E-state index contributed by atoms with van der Waals surface area (Å²) in [5.41, 5.74) is 2.71. The van der Waals surface area contributed by atoms with Gasteiger partial charge in [0.1, 0.15) is 5.75 Å². The van der Waals surface area contributed by atoms with E-state index in [4.69, 9.17) is 27.9 Å². The van der Waals surface area contributed by atoms with Crippen molar-refractivity contribution in [2.75, 3.05) is 38.7 Å². The maximum absolute atomic E-state index is 13.3. The lowest BCUT2D eigenvalue weighted by molar-refractivity contribution is 0.0979. The number of nitrogens with zero attached hydrogens (tertiary/aromatic N) is 2. The quantitative estimate of drug-likeness (QED) is 0.731. The van der Waals surface area contributed by atoms with Gasteiger partial charge in [0.05, 0.1) is 17.2 Å². The van der Waals surface area contributed by atoms with E-state index >= 15 is 0 Å². The molecule has 6 heteroatoms. The molecule has 1 saturated heterocycles. The number of carbonyl (C=O) groups excluding carboxylic acids is 1. The maximum atomic E-state index is 13.3. The van der Waals surface area contributed by atoms with Crippen molar-refractivity contribution in [3.05, 3.63) is 57.6 Å². The molecule has 2 aliphatic heterocycles. The summed E-state index contributed by atoms with van der Waals surface area (Å²) in [5, 5.41) is 0.845. The van der Waals surface area contributed by atoms with Crippen molar-refractivity contribution in [3.63, 3.8) is 0 Å². The molecule has 2 aromatic rings. The number of fused-ring (bicyclic) bond motifs is 2. The topological polar surface area (TPSA) is 32.8 Å². The van der Waals surface area contributed by atoms with Crippen LogP contribution in [0.3, 0.4) is 0 Å². The van der Waals surface area contributed by atoms with Gasteiger partial charge in [-0.15, -0.1) is 0 Å². The summed E-state index contributed by atoms with van der Waals surface area (Å²) in [5.74, 6) is 0.784. The van der Waals surface area contributed by atoms with Gasteiger partial charge in [-0.3, -0.25) is 4.79 Å². The number of likely N-dealkylation sites (tertiary alicyclic amines) is 1. The average molecular weight is 405 g/mol. The summed E-state index contributed by atoms with van der Waals surface area (Å²) in [4.78, 5) is 17.5. The Morgan fingerprint density at radius 1 is 1.07 bits per heavy atom. The van der Waals surface area contributed by atoms with Crippen molar-refractivity contribution < 1.29 is 9.53 Å². The number of halogens is 2. The Bertz CT molecular complexity index is 892. The molecule has 4 nitrogen and oxygen atoms in total. The summed E-state index contributed by atoms with van der Waals surface area (Å²) in [6.07, 6.45) is 2.05. The number of anilines is 1. The monoisotopic (exact) mass is 404 g/mol. The number of piperidine rings is 1. The fraction of sp³-hybridized carbons (Fsp3) is 0.381. The second-order valence-corrected chi connectivity index (χ2v) is 8.30. The molecule has 0 unspecified atom stereocenters. The van der Waals surface area contributed by atoms with Crippen LogP contribution in [0, 0.1) is 0 Å². The second kappa shape index (κ2) is 7.01. The fourth-order valence-electron chi connectivity index (χ4n) is 4.22. The predicted molar refractivity (Wildman–Crippen MR) is 110 cm³/mol. The zero-order valence-corrected chi connectivity index (χ0v) is 17.0. The molecule has 0 bridgehead atoms. The molecule has 0 atom stereocenters. The number of amides is 1. The Hall–Kier alpha value is -1.75. The number of ether oxygens (including phenoxy) is 1. The third kappa shape index (κ3) is 3.20. The SMILES string of the molecule is COc1ccc2c(c1)C1(CCN(C)CC1)CN2C(=O)c1ccc(Cl)c(Cl)c1. The lowest BCUT2D eigenvalue weighted by Gasteiger charge is -2.38. The van der Waals surface area contributed by atoms with Gasteiger partial charge < -0.3 is 14.5 Å². The van der Waals surface area contributed by atoms with Gasteiger partial charge in [-0.05, 0) is 74.9 Å². The number of rotatable bonds is 2. The highest BCUT2D eigenvalue weighted by Gasteiger charge is 2.46. The Labute approximate surface area is 169 Å². The van der Waals surface area contributed by atoms with Crippen LogP contribution >= 0.6 is 23.2 Å². The van der Waals surface area contributed by atoms with Crippen LogP contribution in [-0.4, -0.2) is 44.6 Å². The zero-order valence-electron chi connectivity index (χ0n) is 15.5. The van der Waals surface area contributed by atoms with Gasteiger partial charge in [0.2, 0.25) is 0 Å². The minimum atomic E-state index is -0.0456. The van der Waals surface area contributed by atoms with E-state index < -0.39 is 0 Å². The number of benzene rings is 2. The lowest BCUT2D eigenvalue weighted by Crippen LogP contribution is -2.44. The molecule has 2 aliphatic rings. The smallest absolute Gasteiger partial charge is 0.258 e. The Balaban J connectivity index is 1.75. The molecule has 1 amide bonds. The minimum absolute atomic E-state index is 0.0255. The van der Waals surface area contributed by atoms with Crippen LogP contribution < -0.4 is 9.64 Å². The van der Waals surface area contributed by atoms with E-state index in [1.54, 1.807) is 25.3 Å². The van der Waals surface area contributed by atoms with Crippen LogP contribution in [0.4, 0.5) is 5.69 Å². The van der Waals surface area contributed by atoms with Crippen LogP contribution in [-0.2, 0) is 5.41 Å². The first-order valence-corrected chi connectivity index (χ1v) is 9.83. The highest BCUT2D eigenvalue weighted by Crippen LogP contribution is 2.48. The van der Waals surface area contributed by atoms with E-state index in [0.29, 0.717) is 22.2 Å². The molecule has 0 saturated carbocycles. The minimum Gasteiger partial charge on any atom is -0.497 e. The Morgan fingerprint density at radius 3 is 2.48 bits per heavy atom. The average Bonchev–Trinajstić information content (AvgIpc) is 2.99. The molecular weight excluding hydrogens is 383 g/mol. The van der Waals surface area contributed by atoms with E-state index in [1.807, 2.05) is 17.0 Å². The summed E-state index contributed by atoms with van der Waals surface area (Å²) >= 11 is 12.2. The van der Waals surface area contributed by atoms with Crippen molar-refractivity contribution in [1.82, 2.24) is 4.90 Å². The van der Waals surface area contributed by atoms with Crippen molar-refractivity contribution >= 4 is 34.8 Å². The summed E-state index contributed by atoms with van der Waals surface area (Å²) < 4.78 is 5.46. The summed E-state index contributed by atoms with van der Waals surface area (Å²) in [7, 11) is 3.82. The van der Waals surface area contributed by atoms with Gasteiger partial charge in [-0.1, -0.05) is 23.2 Å². The molecule has 2 heterocycles. The third-order valence-corrected chi connectivity index (χ3v) is 6.62. The maximum Gasteiger partial charge on any atom is 0.258 e. The van der Waals surface area contributed by atoms with Crippen LogP contribution in [0.1, 0.15) is 28.8 Å². The molecule has 0 N–H and O–H groups in total. The van der Waals surface area contributed by atoms with Crippen LogP contribution in [0.15, 0.2) is 36.4 Å². The van der Waals surface area contributed by atoms with E-state index in [9.17, 15) is 4.79 Å². The van der Waals surface area contributed by atoms with Crippen molar-refractivity contribution in [2.24, 2.45) is 0 Å². The van der Waals surface area contributed by atoms with Gasteiger partial charge in [0, 0.05) is 23.2 Å². The van der Waals surface area contributed by atoms with Gasteiger partial charge in [0.25, 0.3) is 5.91 Å². The molecule has 2 aromatic carbocycles. The molecule has 0 aliphatic carbocycles. The van der Waals surface area contributed by atoms with Crippen molar-refractivity contribution in [1.29, 1.82) is 0 Å². The highest BCUT2D eigenvalue weighted by atomic mass is 35.5. The highest BCUT2D eigenvalue weighted by molar-refractivity contribution is 6.42. The van der Waals surface area contributed by atoms with Crippen LogP contribution in [0.5, 0.6) is 5.75 Å². The largest absolute Gasteiger partial charge is 0.497 e. The molecular formula is C21H22Cl2N2O2. The van der Waals surface area contributed by atoms with Crippen molar-refractivity contribution in [3.8, 4) is 5.75 Å². The molecule has 1 fully saturated rings. The van der Waals surface area contributed by atoms with Gasteiger partial charge in [-0.25, -0.2) is 0 Å². The number of carbonyl (C=O) groups is 1. The van der Waals surface area contributed by atoms with Crippen LogP contribution in [0.25, 0.3) is 0 Å². The van der Waals surface area contributed by atoms with E-state index in [1.165, 1.54) is 5.56 Å². The van der Waals surface area contributed by atoms with Gasteiger partial charge >= 0.3 is 0 Å². The molecule has 142 valence electrons. The standard InChI is InChI=1S/C21H22Cl2N2O2/c1-24-9-7-21(8-10-24)13-25(19-6-4-15(27-2)12-16(19)21)20(26)14-3-5-17(22)18(23)11-14/h3-6,11-12H,7-10,13H2,1-2H3. The summed E-state index contributed by atoms with van der Waals surface area (Å²) in [6, 6.07) is 11.1. The molecule has 0 radical (unpaired) electrons. The first-order chi connectivity index (χ1) is 12.9. The number of methoxy groups -OCH3 is 1. The number of hydrogen-bond donors (Lipinski definition) is 0. The van der Waals surface area contributed by atoms with E-state index in [-0.39, 0.29) is 11.3 Å². The normalized spacial score (nSPS) is 18.6. The third-order valence-electron chi connectivity index (χ3n) is 5.88. The Morgan fingerprint density at radius 2 is 1.81 bits per heavy atom. The first kappa shape index (κ1) is 18.6. The fourth-order valence-corrected chi connectivity index (χ4v) is 4.51. The van der Waals surface area contributed by atoms with Crippen molar-refractivity contribution in [2.45, 2.75) is 18.3 Å². The molecule has 0 aromatic heterocycles. The molecule has 1 spiro atoms. The zero-order chi connectivity index (χ0) is 19.2. The van der Waals surface area contributed by atoms with Gasteiger partial charge in [0.15, 0.2) is 0 Å². The Kier molecular flexibility index (Phi) is 4.83. The lowest BCUT2D eigenvalue weighted by atomic mass is 9.74.